The molecule has 0 fully saturated rings. The molecule has 0 bridgehead atoms. The SMILES string of the molecule is COc1cc([C@@H]2c3cc(O)c(O)cc3C[C@@H](CO)[C@H]2CO)ccc1O. The Kier molecular flexibility index (Phi) is 4.74. The van der Waals surface area contributed by atoms with E-state index in [-0.39, 0.29) is 48.2 Å². The van der Waals surface area contributed by atoms with Crippen molar-refractivity contribution in [2.75, 3.05) is 20.3 Å². The first-order valence-corrected chi connectivity index (χ1v) is 8.13. The average Bonchev–Trinajstić information content (AvgIpc) is 2.62. The van der Waals surface area contributed by atoms with Crippen LogP contribution < -0.4 is 4.74 Å². The smallest absolute Gasteiger partial charge is 0.160 e. The largest absolute Gasteiger partial charge is 0.504 e. The minimum absolute atomic E-state index is 0.00935. The molecule has 0 saturated heterocycles. The number of aliphatic hydroxyl groups excluding tert-OH is 2. The van der Waals surface area contributed by atoms with E-state index in [0.29, 0.717) is 12.2 Å². The normalized spacial score (nSPS) is 22.4. The van der Waals surface area contributed by atoms with Gasteiger partial charge in [0.2, 0.25) is 0 Å². The van der Waals surface area contributed by atoms with Crippen LogP contribution in [-0.2, 0) is 6.42 Å². The molecule has 0 radical (unpaired) electrons. The number of ether oxygens (including phenoxy) is 1. The van der Waals surface area contributed by atoms with Crippen LogP contribution in [0, 0.1) is 11.8 Å². The molecule has 0 saturated carbocycles. The highest BCUT2D eigenvalue weighted by atomic mass is 16.5. The predicted octanol–water partition coefficient (Wildman–Crippen LogP) is 1.72. The van der Waals surface area contributed by atoms with Crippen molar-refractivity contribution in [3.8, 4) is 23.0 Å². The number of rotatable bonds is 4. The fourth-order valence-electron chi connectivity index (χ4n) is 3.81. The van der Waals surface area contributed by atoms with Crippen LogP contribution >= 0.6 is 0 Å². The van der Waals surface area contributed by atoms with Gasteiger partial charge in [-0.3, -0.25) is 0 Å². The highest BCUT2D eigenvalue weighted by molar-refractivity contribution is 5.53. The molecule has 1 aliphatic rings. The van der Waals surface area contributed by atoms with Crippen LogP contribution in [0.1, 0.15) is 22.6 Å². The number of phenolic OH excluding ortho intramolecular Hbond substituents is 3. The van der Waals surface area contributed by atoms with Gasteiger partial charge in [0.15, 0.2) is 23.0 Å². The fourth-order valence-corrected chi connectivity index (χ4v) is 3.81. The Morgan fingerprint density at radius 3 is 2.32 bits per heavy atom. The second kappa shape index (κ2) is 6.82. The molecule has 2 aromatic carbocycles. The highest BCUT2D eigenvalue weighted by Gasteiger charge is 2.38. The van der Waals surface area contributed by atoms with Crippen LogP contribution in [0.3, 0.4) is 0 Å². The zero-order chi connectivity index (χ0) is 18.1. The van der Waals surface area contributed by atoms with E-state index in [1.807, 2.05) is 0 Å². The van der Waals surface area contributed by atoms with Crippen molar-refractivity contribution >= 4 is 0 Å². The third-order valence-corrected chi connectivity index (χ3v) is 5.10. The highest BCUT2D eigenvalue weighted by Crippen LogP contribution is 2.47. The topological polar surface area (TPSA) is 110 Å². The van der Waals surface area contributed by atoms with Gasteiger partial charge >= 0.3 is 0 Å². The van der Waals surface area contributed by atoms with Crippen molar-refractivity contribution in [3.63, 3.8) is 0 Å². The molecule has 1 aliphatic carbocycles. The summed E-state index contributed by atoms with van der Waals surface area (Å²) in [5.74, 6) is -0.887. The Hall–Kier alpha value is -2.44. The van der Waals surface area contributed by atoms with Gasteiger partial charge in [0.05, 0.1) is 7.11 Å². The molecule has 5 N–H and O–H groups in total. The number of fused-ring (bicyclic) bond motifs is 1. The summed E-state index contributed by atoms with van der Waals surface area (Å²) in [7, 11) is 1.46. The monoisotopic (exact) mass is 346 g/mol. The lowest BCUT2D eigenvalue weighted by Gasteiger charge is -2.38. The number of hydrogen-bond donors (Lipinski definition) is 5. The lowest BCUT2D eigenvalue weighted by atomic mass is 9.67. The zero-order valence-corrected chi connectivity index (χ0v) is 13.9. The third kappa shape index (κ3) is 2.99. The molecule has 0 heterocycles. The molecule has 134 valence electrons. The third-order valence-electron chi connectivity index (χ3n) is 5.10. The van der Waals surface area contributed by atoms with Gasteiger partial charge < -0.3 is 30.3 Å². The lowest BCUT2D eigenvalue weighted by Crippen LogP contribution is -2.35. The summed E-state index contributed by atoms with van der Waals surface area (Å²) in [5.41, 5.74) is 2.39. The molecular formula is C19H22O6. The maximum Gasteiger partial charge on any atom is 0.160 e. The Labute approximate surface area is 145 Å². The Morgan fingerprint density at radius 2 is 1.68 bits per heavy atom. The van der Waals surface area contributed by atoms with Gasteiger partial charge in [0.1, 0.15) is 0 Å². The molecule has 0 spiro atoms. The van der Waals surface area contributed by atoms with Crippen molar-refractivity contribution < 1.29 is 30.3 Å². The first kappa shape index (κ1) is 17.4. The van der Waals surface area contributed by atoms with Gasteiger partial charge in [-0.2, -0.15) is 0 Å². The van der Waals surface area contributed by atoms with Crippen molar-refractivity contribution in [2.45, 2.75) is 12.3 Å². The quantitative estimate of drug-likeness (QED) is 0.539. The molecule has 0 unspecified atom stereocenters. The summed E-state index contributed by atoms with van der Waals surface area (Å²) in [4.78, 5) is 0. The van der Waals surface area contributed by atoms with E-state index in [2.05, 4.69) is 0 Å². The van der Waals surface area contributed by atoms with E-state index in [1.54, 1.807) is 12.1 Å². The van der Waals surface area contributed by atoms with E-state index in [0.717, 1.165) is 16.7 Å². The minimum atomic E-state index is -0.313. The van der Waals surface area contributed by atoms with Crippen molar-refractivity contribution in [2.24, 2.45) is 11.8 Å². The summed E-state index contributed by atoms with van der Waals surface area (Å²) < 4.78 is 5.18. The summed E-state index contributed by atoms with van der Waals surface area (Å²) in [6.45, 7) is -0.238. The maximum absolute atomic E-state index is 9.95. The van der Waals surface area contributed by atoms with Gasteiger partial charge in [-0.05, 0) is 59.2 Å². The van der Waals surface area contributed by atoms with Crippen molar-refractivity contribution in [1.82, 2.24) is 0 Å². The van der Waals surface area contributed by atoms with E-state index in [1.165, 1.54) is 25.3 Å². The molecular weight excluding hydrogens is 324 g/mol. The minimum Gasteiger partial charge on any atom is -0.504 e. The van der Waals surface area contributed by atoms with Crippen LogP contribution in [0.15, 0.2) is 30.3 Å². The molecule has 25 heavy (non-hydrogen) atoms. The molecule has 0 aliphatic heterocycles. The molecule has 2 aromatic rings. The molecule has 0 amide bonds. The molecule has 0 aromatic heterocycles. The number of aliphatic hydroxyl groups is 2. The van der Waals surface area contributed by atoms with Crippen molar-refractivity contribution in [1.29, 1.82) is 0 Å². The summed E-state index contributed by atoms with van der Waals surface area (Å²) >= 11 is 0. The van der Waals surface area contributed by atoms with Crippen LogP contribution in [-0.4, -0.2) is 45.9 Å². The predicted molar refractivity (Wildman–Crippen MR) is 91.1 cm³/mol. The van der Waals surface area contributed by atoms with Crippen LogP contribution in [0.4, 0.5) is 0 Å². The number of hydrogen-bond acceptors (Lipinski definition) is 6. The molecule has 6 nitrogen and oxygen atoms in total. The number of phenols is 3. The average molecular weight is 346 g/mol. The second-order valence-electron chi connectivity index (χ2n) is 6.44. The van der Waals surface area contributed by atoms with Gasteiger partial charge in [-0.1, -0.05) is 6.07 Å². The Bertz CT molecular complexity index is 773. The summed E-state index contributed by atoms with van der Waals surface area (Å²) in [5, 5.41) is 49.3. The first-order valence-electron chi connectivity index (χ1n) is 8.13. The second-order valence-corrected chi connectivity index (χ2v) is 6.44. The van der Waals surface area contributed by atoms with E-state index >= 15 is 0 Å². The zero-order valence-electron chi connectivity index (χ0n) is 13.9. The summed E-state index contributed by atoms with van der Waals surface area (Å²) in [6.07, 6.45) is 0.497. The first-order chi connectivity index (χ1) is 12.0. The van der Waals surface area contributed by atoms with Gasteiger partial charge in [0, 0.05) is 19.1 Å². The van der Waals surface area contributed by atoms with Gasteiger partial charge in [0.25, 0.3) is 0 Å². The van der Waals surface area contributed by atoms with Crippen LogP contribution in [0.25, 0.3) is 0 Å². The van der Waals surface area contributed by atoms with E-state index in [4.69, 9.17) is 4.74 Å². The number of methoxy groups -OCH3 is 1. The maximum atomic E-state index is 9.95. The molecule has 3 atom stereocenters. The van der Waals surface area contributed by atoms with E-state index in [9.17, 15) is 25.5 Å². The standard InChI is InChI=1S/C19H22O6/c1-25-18-6-10(2-3-15(18)22)19-13-7-17(24)16(23)5-11(13)4-12(8-20)14(19)9-21/h2-3,5-7,12,14,19-24H,4,8-9H2,1H3/t12-,14+,19+/m0/s1. The number of benzene rings is 2. The van der Waals surface area contributed by atoms with Crippen LogP contribution in [0.5, 0.6) is 23.0 Å². The Balaban J connectivity index is 2.19. The van der Waals surface area contributed by atoms with Gasteiger partial charge in [-0.25, -0.2) is 0 Å². The fraction of sp³-hybridized carbons (Fsp3) is 0.368. The molecule has 6 heteroatoms. The number of aromatic hydroxyl groups is 3. The Morgan fingerprint density at radius 1 is 0.960 bits per heavy atom. The van der Waals surface area contributed by atoms with Crippen LogP contribution in [0.2, 0.25) is 0 Å². The van der Waals surface area contributed by atoms with Gasteiger partial charge in [-0.15, -0.1) is 0 Å². The lowest BCUT2D eigenvalue weighted by molar-refractivity contribution is 0.101. The van der Waals surface area contributed by atoms with Crippen molar-refractivity contribution in [3.05, 3.63) is 47.0 Å². The molecule has 3 rings (SSSR count). The summed E-state index contributed by atoms with van der Waals surface area (Å²) in [6, 6.07) is 7.95. The van der Waals surface area contributed by atoms with E-state index < -0.39 is 0 Å².